The van der Waals surface area contributed by atoms with Gasteiger partial charge in [-0.2, -0.15) is 5.10 Å². The maximum atomic E-state index is 6.29. The Labute approximate surface area is 137 Å². The van der Waals surface area contributed by atoms with Crippen molar-refractivity contribution < 1.29 is 0 Å². The van der Waals surface area contributed by atoms with Crippen LogP contribution in [0.3, 0.4) is 0 Å². The fourth-order valence-electron chi connectivity index (χ4n) is 2.25. The second kappa shape index (κ2) is 5.31. The Hall–Kier alpha value is -2.02. The highest BCUT2D eigenvalue weighted by atomic mass is 35.5. The van der Waals surface area contributed by atoms with Gasteiger partial charge in [0.1, 0.15) is 5.84 Å². The number of aromatic nitrogens is 2. The third kappa shape index (κ3) is 2.68. The van der Waals surface area contributed by atoms with Crippen LogP contribution in [0.1, 0.15) is 11.1 Å². The molecule has 6 nitrogen and oxygen atoms in total. The molecule has 2 aromatic rings. The van der Waals surface area contributed by atoms with Gasteiger partial charge in [-0.1, -0.05) is 23.2 Å². The molecule has 0 saturated carbocycles. The monoisotopic (exact) mass is 336 g/mol. The zero-order valence-corrected chi connectivity index (χ0v) is 13.2. The predicted octanol–water partition coefficient (Wildman–Crippen LogP) is 1.80. The van der Waals surface area contributed by atoms with Gasteiger partial charge in [-0.05, 0) is 18.2 Å². The highest BCUT2D eigenvalue weighted by molar-refractivity contribution is 6.34. The number of rotatable bonds is 2. The van der Waals surface area contributed by atoms with E-state index in [1.54, 1.807) is 35.3 Å². The number of hydrogen-bond donors (Lipinski definition) is 3. The normalized spacial score (nSPS) is 21.1. The summed E-state index contributed by atoms with van der Waals surface area (Å²) < 4.78 is 1.69. The van der Waals surface area contributed by atoms with Crippen LogP contribution in [0.2, 0.25) is 10.0 Å². The van der Waals surface area contributed by atoms with Gasteiger partial charge in [0, 0.05) is 46.2 Å². The summed E-state index contributed by atoms with van der Waals surface area (Å²) >= 11 is 12.0. The topological polar surface area (TPSA) is 94.2 Å². The molecule has 0 spiro atoms. The molecular weight excluding hydrogens is 323 g/mol. The number of nitrogens with two attached hydrogens (primary N) is 2. The molecule has 1 aliphatic rings. The molecule has 8 heteroatoms. The number of benzene rings is 1. The van der Waals surface area contributed by atoms with Crippen molar-refractivity contribution in [1.29, 1.82) is 0 Å². The van der Waals surface area contributed by atoms with E-state index in [4.69, 9.17) is 34.7 Å². The van der Waals surface area contributed by atoms with Crippen LogP contribution < -0.4 is 16.8 Å². The number of nitrogens with zero attached hydrogens (tertiary/aromatic N) is 3. The zero-order valence-electron chi connectivity index (χ0n) is 11.7. The Morgan fingerprint density at radius 3 is 2.45 bits per heavy atom. The zero-order chi connectivity index (χ0) is 15.9. The largest absolute Gasteiger partial charge is 0.383 e. The van der Waals surface area contributed by atoms with Gasteiger partial charge in [0.25, 0.3) is 0 Å². The molecule has 1 atom stereocenters. The van der Waals surface area contributed by atoms with E-state index in [1.807, 2.05) is 13.2 Å². The summed E-state index contributed by atoms with van der Waals surface area (Å²) in [7, 11) is 1.83. The SMILES string of the molecule is Cn1cc(C2=CNC(N)(c3cc(Cl)cc(Cl)c3)N=C2N)cn1. The maximum Gasteiger partial charge on any atom is 0.211 e. The van der Waals surface area contributed by atoms with E-state index in [0.717, 1.165) is 11.1 Å². The second-order valence-corrected chi connectivity index (χ2v) is 5.90. The minimum atomic E-state index is -1.22. The lowest BCUT2D eigenvalue weighted by Crippen LogP contribution is -2.50. The Morgan fingerprint density at radius 2 is 1.91 bits per heavy atom. The molecule has 5 N–H and O–H groups in total. The summed E-state index contributed by atoms with van der Waals surface area (Å²) in [6.07, 6.45) is 5.26. The summed E-state index contributed by atoms with van der Waals surface area (Å²) in [6.45, 7) is 0. The Balaban J connectivity index is 1.98. The lowest BCUT2D eigenvalue weighted by molar-refractivity contribution is 0.411. The van der Waals surface area contributed by atoms with Crippen LogP contribution in [0.25, 0.3) is 5.57 Å². The molecule has 0 aliphatic carbocycles. The molecule has 1 unspecified atom stereocenters. The lowest BCUT2D eigenvalue weighted by Gasteiger charge is -2.31. The molecule has 0 bridgehead atoms. The van der Waals surface area contributed by atoms with Crippen LogP contribution in [0.15, 0.2) is 41.8 Å². The minimum Gasteiger partial charge on any atom is -0.383 e. The first kappa shape index (κ1) is 14.9. The van der Waals surface area contributed by atoms with Gasteiger partial charge in [0.05, 0.1) is 6.20 Å². The smallest absolute Gasteiger partial charge is 0.211 e. The van der Waals surface area contributed by atoms with Crippen LogP contribution >= 0.6 is 23.2 Å². The average molecular weight is 337 g/mol. The van der Waals surface area contributed by atoms with E-state index < -0.39 is 5.79 Å². The molecule has 0 amide bonds. The lowest BCUT2D eigenvalue weighted by atomic mass is 10.0. The van der Waals surface area contributed by atoms with E-state index in [2.05, 4.69) is 15.4 Å². The standard InChI is InChI=1S/C14H14Cl2N6/c1-22-7-8(5-20-22)12-6-19-14(18,21-13(12)17)9-2-10(15)4-11(16)3-9/h2-7,19H,18H2,1H3,(H2,17,21). The summed E-state index contributed by atoms with van der Waals surface area (Å²) in [5.41, 5.74) is 14.6. The summed E-state index contributed by atoms with van der Waals surface area (Å²) in [6, 6.07) is 5.02. The maximum absolute atomic E-state index is 6.29. The molecule has 1 aliphatic heterocycles. The first-order valence-electron chi connectivity index (χ1n) is 6.45. The molecule has 22 heavy (non-hydrogen) atoms. The number of aliphatic imine (C=N–C) groups is 1. The van der Waals surface area contributed by atoms with Crippen LogP contribution in [-0.4, -0.2) is 15.6 Å². The number of hydrogen-bond acceptors (Lipinski definition) is 5. The predicted molar refractivity (Wildman–Crippen MR) is 88.3 cm³/mol. The minimum absolute atomic E-state index is 0.311. The summed E-state index contributed by atoms with van der Waals surface area (Å²) in [5.74, 6) is -0.907. The Morgan fingerprint density at radius 1 is 1.23 bits per heavy atom. The van der Waals surface area contributed by atoms with Crippen LogP contribution in [0, 0.1) is 0 Å². The van der Waals surface area contributed by atoms with Gasteiger partial charge >= 0.3 is 0 Å². The number of amidine groups is 1. The average Bonchev–Trinajstić information content (AvgIpc) is 2.84. The van der Waals surface area contributed by atoms with Gasteiger partial charge in [-0.15, -0.1) is 0 Å². The van der Waals surface area contributed by atoms with E-state index >= 15 is 0 Å². The van der Waals surface area contributed by atoms with Crippen molar-refractivity contribution in [2.45, 2.75) is 5.79 Å². The molecule has 1 aromatic carbocycles. The van der Waals surface area contributed by atoms with E-state index in [0.29, 0.717) is 21.4 Å². The van der Waals surface area contributed by atoms with E-state index in [9.17, 15) is 0 Å². The van der Waals surface area contributed by atoms with Gasteiger partial charge in [0.15, 0.2) is 0 Å². The summed E-state index contributed by atoms with van der Waals surface area (Å²) in [5, 5.41) is 8.12. The Kier molecular flexibility index (Phi) is 3.60. The number of halogens is 2. The molecular formula is C14H14Cl2N6. The third-order valence-electron chi connectivity index (χ3n) is 3.33. The molecule has 1 aromatic heterocycles. The molecule has 0 radical (unpaired) electrons. The first-order valence-corrected chi connectivity index (χ1v) is 7.21. The van der Waals surface area contributed by atoms with Crippen molar-refractivity contribution in [3.63, 3.8) is 0 Å². The van der Waals surface area contributed by atoms with Crippen molar-refractivity contribution in [2.24, 2.45) is 23.5 Å². The molecule has 2 heterocycles. The quantitative estimate of drug-likeness (QED) is 0.779. The third-order valence-corrected chi connectivity index (χ3v) is 3.76. The van der Waals surface area contributed by atoms with Gasteiger partial charge in [-0.25, -0.2) is 4.99 Å². The molecule has 114 valence electrons. The van der Waals surface area contributed by atoms with Crippen LogP contribution in [-0.2, 0) is 12.8 Å². The number of nitrogens with one attached hydrogen (secondary N) is 1. The van der Waals surface area contributed by atoms with Crippen LogP contribution in [0.4, 0.5) is 0 Å². The summed E-state index contributed by atoms with van der Waals surface area (Å²) in [4.78, 5) is 4.37. The fourth-order valence-corrected chi connectivity index (χ4v) is 2.78. The van der Waals surface area contributed by atoms with Crippen LogP contribution in [0.5, 0.6) is 0 Å². The van der Waals surface area contributed by atoms with Crippen molar-refractivity contribution in [2.75, 3.05) is 0 Å². The molecule has 0 saturated heterocycles. The van der Waals surface area contributed by atoms with E-state index in [1.165, 1.54) is 0 Å². The highest BCUT2D eigenvalue weighted by Crippen LogP contribution is 2.29. The van der Waals surface area contributed by atoms with Gasteiger partial charge in [-0.3, -0.25) is 10.4 Å². The Bertz CT molecular complexity index is 774. The van der Waals surface area contributed by atoms with Crippen molar-refractivity contribution in [3.05, 3.63) is 58.0 Å². The second-order valence-electron chi connectivity index (χ2n) is 5.03. The highest BCUT2D eigenvalue weighted by Gasteiger charge is 2.30. The van der Waals surface area contributed by atoms with Gasteiger partial charge in [0.2, 0.25) is 5.79 Å². The first-order chi connectivity index (χ1) is 10.4. The van der Waals surface area contributed by atoms with Crippen molar-refractivity contribution >= 4 is 34.6 Å². The number of aryl methyl sites for hydroxylation is 1. The van der Waals surface area contributed by atoms with Gasteiger partial charge < -0.3 is 11.1 Å². The van der Waals surface area contributed by atoms with Crippen molar-refractivity contribution in [1.82, 2.24) is 15.1 Å². The molecule has 3 rings (SSSR count). The molecule has 0 fully saturated rings. The fraction of sp³-hybridized carbons (Fsp3) is 0.143. The van der Waals surface area contributed by atoms with E-state index in [-0.39, 0.29) is 0 Å². The van der Waals surface area contributed by atoms with Crippen molar-refractivity contribution in [3.8, 4) is 0 Å².